The molecule has 0 aromatic heterocycles. The van der Waals surface area contributed by atoms with Gasteiger partial charge in [-0.2, -0.15) is 0 Å². The average Bonchev–Trinajstić information content (AvgIpc) is 1.87. The van der Waals surface area contributed by atoms with Crippen LogP contribution in [-0.2, 0) is 4.74 Å². The average molecular weight is 156 g/mol. The van der Waals surface area contributed by atoms with Crippen LogP contribution in [0.15, 0.2) is 24.5 Å². The van der Waals surface area contributed by atoms with Gasteiger partial charge in [0.2, 0.25) is 0 Å². The number of aliphatic hydroxyl groups is 1. The summed E-state index contributed by atoms with van der Waals surface area (Å²) >= 11 is 0. The maximum atomic E-state index is 9.02. The number of allylic oxidation sites excluding steroid dienone is 2. The predicted octanol–water partition coefficient (Wildman–Crippen LogP) is 1.86. The van der Waals surface area contributed by atoms with Gasteiger partial charge >= 0.3 is 0 Å². The first-order valence-corrected chi connectivity index (χ1v) is 3.83. The fourth-order valence-electron chi connectivity index (χ4n) is 0.783. The Morgan fingerprint density at radius 3 is 2.73 bits per heavy atom. The first-order valence-electron chi connectivity index (χ1n) is 3.83. The molecule has 0 saturated carbocycles. The molecule has 2 heteroatoms. The van der Waals surface area contributed by atoms with Crippen LogP contribution in [0.1, 0.15) is 20.3 Å². The van der Waals surface area contributed by atoms with E-state index in [9.17, 15) is 0 Å². The van der Waals surface area contributed by atoms with E-state index in [4.69, 9.17) is 9.84 Å². The Balaban J connectivity index is 3.88. The second kappa shape index (κ2) is 5.98. The molecule has 0 fully saturated rings. The summed E-state index contributed by atoms with van der Waals surface area (Å²) in [5.74, 6) is 0.789. The second-order valence-electron chi connectivity index (χ2n) is 2.35. The van der Waals surface area contributed by atoms with E-state index in [1.807, 2.05) is 6.92 Å². The topological polar surface area (TPSA) is 29.5 Å². The highest BCUT2D eigenvalue weighted by molar-refractivity contribution is 5.04. The van der Waals surface area contributed by atoms with Gasteiger partial charge in [0, 0.05) is 6.42 Å². The van der Waals surface area contributed by atoms with Gasteiger partial charge in [-0.25, -0.2) is 0 Å². The molecule has 0 aromatic rings. The van der Waals surface area contributed by atoms with Crippen LogP contribution in [0.5, 0.6) is 0 Å². The van der Waals surface area contributed by atoms with Gasteiger partial charge < -0.3 is 9.84 Å². The van der Waals surface area contributed by atoms with Gasteiger partial charge in [0.15, 0.2) is 0 Å². The smallest absolute Gasteiger partial charge is 0.0985 e. The Hall–Kier alpha value is -0.760. The van der Waals surface area contributed by atoms with E-state index in [0.29, 0.717) is 13.0 Å². The lowest BCUT2D eigenvalue weighted by Gasteiger charge is -2.09. The first kappa shape index (κ1) is 10.2. The van der Waals surface area contributed by atoms with E-state index in [1.165, 1.54) is 0 Å². The van der Waals surface area contributed by atoms with E-state index >= 15 is 0 Å². The fraction of sp³-hybridized carbons (Fsp3) is 0.556. The van der Waals surface area contributed by atoms with E-state index in [1.54, 1.807) is 19.1 Å². The zero-order valence-electron chi connectivity index (χ0n) is 7.21. The quantitative estimate of drug-likeness (QED) is 0.486. The molecule has 64 valence electrons. The van der Waals surface area contributed by atoms with Crippen LogP contribution < -0.4 is 0 Å². The van der Waals surface area contributed by atoms with E-state index < -0.39 is 0 Å². The number of hydrogen-bond donors (Lipinski definition) is 1. The normalized spacial score (nSPS) is 14.3. The largest absolute Gasteiger partial charge is 0.498 e. The minimum Gasteiger partial charge on any atom is -0.498 e. The highest BCUT2D eigenvalue weighted by Crippen LogP contribution is 2.06. The summed E-state index contributed by atoms with van der Waals surface area (Å²) in [6.07, 6.45) is 3.64. The first-order chi connectivity index (χ1) is 5.20. The van der Waals surface area contributed by atoms with Crippen molar-refractivity contribution in [2.45, 2.75) is 26.4 Å². The summed E-state index contributed by atoms with van der Waals surface area (Å²) in [5, 5.41) is 9.02. The molecule has 0 amide bonds. The predicted molar refractivity (Wildman–Crippen MR) is 46.2 cm³/mol. The Bertz CT molecular complexity index is 136. The molecule has 2 nitrogen and oxygen atoms in total. The van der Waals surface area contributed by atoms with Crippen molar-refractivity contribution in [1.29, 1.82) is 0 Å². The third-order valence-corrected chi connectivity index (χ3v) is 1.13. The van der Waals surface area contributed by atoms with Crippen LogP contribution in [0.3, 0.4) is 0 Å². The Labute approximate surface area is 68.2 Å². The standard InChI is InChI=1S/C9H16O2/c1-4-6-9(11-5-2)7-8(3)10/h4,6,8,10H,1,5,7H2,2-3H3/b9-6-. The number of hydrogen-bond acceptors (Lipinski definition) is 2. The van der Waals surface area contributed by atoms with Crippen molar-refractivity contribution in [3.05, 3.63) is 24.5 Å². The zero-order valence-corrected chi connectivity index (χ0v) is 7.21. The number of aliphatic hydroxyl groups excluding tert-OH is 1. The molecule has 1 atom stereocenters. The molecule has 0 saturated heterocycles. The summed E-state index contributed by atoms with van der Waals surface area (Å²) in [7, 11) is 0. The van der Waals surface area contributed by atoms with E-state index in [0.717, 1.165) is 5.76 Å². The van der Waals surface area contributed by atoms with Gasteiger partial charge in [0.05, 0.1) is 18.5 Å². The molecular weight excluding hydrogens is 140 g/mol. The maximum absolute atomic E-state index is 9.02. The molecule has 0 radical (unpaired) electrons. The minimum absolute atomic E-state index is 0.354. The second-order valence-corrected chi connectivity index (χ2v) is 2.35. The third-order valence-electron chi connectivity index (χ3n) is 1.13. The molecule has 0 aliphatic carbocycles. The van der Waals surface area contributed by atoms with Crippen molar-refractivity contribution >= 4 is 0 Å². The lowest BCUT2D eigenvalue weighted by Crippen LogP contribution is -2.03. The molecule has 0 heterocycles. The van der Waals surface area contributed by atoms with Crippen molar-refractivity contribution in [3.8, 4) is 0 Å². The van der Waals surface area contributed by atoms with E-state index in [-0.39, 0.29) is 6.10 Å². The zero-order chi connectivity index (χ0) is 8.69. The Morgan fingerprint density at radius 2 is 2.36 bits per heavy atom. The van der Waals surface area contributed by atoms with Gasteiger partial charge in [-0.15, -0.1) is 0 Å². The highest BCUT2D eigenvalue weighted by atomic mass is 16.5. The van der Waals surface area contributed by atoms with Gasteiger partial charge in [-0.1, -0.05) is 12.7 Å². The van der Waals surface area contributed by atoms with Crippen LogP contribution in [0.25, 0.3) is 0 Å². The molecule has 0 bridgehead atoms. The van der Waals surface area contributed by atoms with Crippen LogP contribution in [0.4, 0.5) is 0 Å². The highest BCUT2D eigenvalue weighted by Gasteiger charge is 2.00. The molecular formula is C9H16O2. The van der Waals surface area contributed by atoms with Crippen LogP contribution in [0, 0.1) is 0 Å². The van der Waals surface area contributed by atoms with Crippen LogP contribution >= 0.6 is 0 Å². The monoisotopic (exact) mass is 156 g/mol. The lowest BCUT2D eigenvalue weighted by atomic mass is 10.2. The molecule has 0 spiro atoms. The van der Waals surface area contributed by atoms with Crippen molar-refractivity contribution in [3.63, 3.8) is 0 Å². The van der Waals surface area contributed by atoms with E-state index in [2.05, 4.69) is 6.58 Å². The molecule has 11 heavy (non-hydrogen) atoms. The maximum Gasteiger partial charge on any atom is 0.0985 e. The molecule has 1 unspecified atom stereocenters. The van der Waals surface area contributed by atoms with Crippen LogP contribution in [0.2, 0.25) is 0 Å². The van der Waals surface area contributed by atoms with Gasteiger partial charge in [0.25, 0.3) is 0 Å². The van der Waals surface area contributed by atoms with Gasteiger partial charge in [0.1, 0.15) is 0 Å². The van der Waals surface area contributed by atoms with Crippen LogP contribution in [-0.4, -0.2) is 17.8 Å². The van der Waals surface area contributed by atoms with Gasteiger partial charge in [-0.3, -0.25) is 0 Å². The molecule has 0 aliphatic heterocycles. The molecule has 0 aromatic carbocycles. The summed E-state index contributed by atoms with van der Waals surface area (Å²) in [6, 6.07) is 0. The summed E-state index contributed by atoms with van der Waals surface area (Å²) in [6.45, 7) is 7.83. The summed E-state index contributed by atoms with van der Waals surface area (Å²) < 4.78 is 5.22. The van der Waals surface area contributed by atoms with Gasteiger partial charge in [-0.05, 0) is 19.9 Å². The third kappa shape index (κ3) is 5.67. The minimum atomic E-state index is -0.354. The molecule has 0 aliphatic rings. The summed E-state index contributed by atoms with van der Waals surface area (Å²) in [4.78, 5) is 0. The van der Waals surface area contributed by atoms with Crippen molar-refractivity contribution in [2.75, 3.05) is 6.61 Å². The Kier molecular flexibility index (Phi) is 5.57. The number of rotatable bonds is 5. The van der Waals surface area contributed by atoms with Crippen molar-refractivity contribution in [2.24, 2.45) is 0 Å². The fourth-order valence-corrected chi connectivity index (χ4v) is 0.783. The van der Waals surface area contributed by atoms with Crippen molar-refractivity contribution in [1.82, 2.24) is 0 Å². The Morgan fingerprint density at radius 1 is 1.73 bits per heavy atom. The van der Waals surface area contributed by atoms with Crippen molar-refractivity contribution < 1.29 is 9.84 Å². The molecule has 1 N–H and O–H groups in total. The SMILES string of the molecule is C=C/C=C(/CC(C)O)OCC. The lowest BCUT2D eigenvalue weighted by molar-refractivity contribution is 0.148. The molecule has 0 rings (SSSR count). The number of ether oxygens (including phenoxy) is 1. The summed E-state index contributed by atoms with van der Waals surface area (Å²) in [5.41, 5.74) is 0.